The summed E-state index contributed by atoms with van der Waals surface area (Å²) in [7, 11) is 1.53. The van der Waals surface area contributed by atoms with E-state index >= 15 is 0 Å². The van der Waals surface area contributed by atoms with E-state index in [9.17, 15) is 9.59 Å². The summed E-state index contributed by atoms with van der Waals surface area (Å²) in [5, 5.41) is 2.96. The summed E-state index contributed by atoms with van der Waals surface area (Å²) >= 11 is 0. The largest absolute Gasteiger partial charge is 0.493 e. The minimum atomic E-state index is -0.560. The molecule has 0 radical (unpaired) electrons. The first kappa shape index (κ1) is 19.1. The number of rotatable bonds is 7. The van der Waals surface area contributed by atoms with E-state index in [4.69, 9.17) is 14.2 Å². The van der Waals surface area contributed by atoms with Gasteiger partial charge in [0, 0.05) is 6.04 Å². The maximum atomic E-state index is 12.2. The molecule has 1 aliphatic carbocycles. The average molecular weight is 349 g/mol. The fourth-order valence-corrected chi connectivity index (χ4v) is 3.07. The molecule has 0 saturated heterocycles. The molecular formula is C19H27NO5. The second-order valence-corrected chi connectivity index (χ2v) is 6.31. The topological polar surface area (TPSA) is 73.9 Å². The van der Waals surface area contributed by atoms with Crippen molar-refractivity contribution in [3.63, 3.8) is 0 Å². The molecule has 0 aromatic heterocycles. The van der Waals surface area contributed by atoms with Gasteiger partial charge in [-0.1, -0.05) is 19.8 Å². The molecule has 0 unspecified atom stereocenters. The highest BCUT2D eigenvalue weighted by Crippen LogP contribution is 2.28. The van der Waals surface area contributed by atoms with E-state index in [0.717, 1.165) is 19.3 Å². The van der Waals surface area contributed by atoms with Gasteiger partial charge in [-0.2, -0.15) is 0 Å². The first-order chi connectivity index (χ1) is 12.0. The Hall–Kier alpha value is -2.24. The summed E-state index contributed by atoms with van der Waals surface area (Å²) in [6, 6.07) is 4.97. The summed E-state index contributed by atoms with van der Waals surface area (Å²) < 4.78 is 15.8. The zero-order valence-electron chi connectivity index (χ0n) is 15.2. The van der Waals surface area contributed by atoms with Gasteiger partial charge in [0.05, 0.1) is 19.3 Å². The molecule has 138 valence electrons. The first-order valence-electron chi connectivity index (χ1n) is 8.82. The van der Waals surface area contributed by atoms with Crippen molar-refractivity contribution in [1.29, 1.82) is 0 Å². The number of carbonyl (C=O) groups is 2. The van der Waals surface area contributed by atoms with Gasteiger partial charge in [0.1, 0.15) is 0 Å². The molecule has 1 aliphatic rings. The summed E-state index contributed by atoms with van der Waals surface area (Å²) in [6.07, 6.45) is 4.44. The average Bonchev–Trinajstić information content (AvgIpc) is 2.62. The van der Waals surface area contributed by atoms with Gasteiger partial charge in [-0.3, -0.25) is 4.79 Å². The molecular weight excluding hydrogens is 322 g/mol. The van der Waals surface area contributed by atoms with Gasteiger partial charge in [0.15, 0.2) is 18.1 Å². The van der Waals surface area contributed by atoms with E-state index in [0.29, 0.717) is 29.6 Å². The van der Waals surface area contributed by atoms with Crippen LogP contribution >= 0.6 is 0 Å². The normalized spacial score (nSPS) is 19.8. The van der Waals surface area contributed by atoms with E-state index in [2.05, 4.69) is 12.2 Å². The lowest BCUT2D eigenvalue weighted by atomic mass is 9.86. The van der Waals surface area contributed by atoms with Crippen LogP contribution in [0.2, 0.25) is 0 Å². The number of hydrogen-bond donors (Lipinski definition) is 1. The van der Waals surface area contributed by atoms with Crippen LogP contribution in [0.3, 0.4) is 0 Å². The van der Waals surface area contributed by atoms with Crippen molar-refractivity contribution in [2.24, 2.45) is 5.92 Å². The van der Waals surface area contributed by atoms with Crippen molar-refractivity contribution in [2.45, 2.75) is 45.6 Å². The van der Waals surface area contributed by atoms with E-state index < -0.39 is 5.97 Å². The molecule has 2 rings (SSSR count). The number of amides is 1. The first-order valence-corrected chi connectivity index (χ1v) is 8.82. The third kappa shape index (κ3) is 5.37. The monoisotopic (exact) mass is 349 g/mol. The lowest BCUT2D eigenvalue weighted by Crippen LogP contribution is -2.42. The van der Waals surface area contributed by atoms with Crippen LogP contribution in [0.4, 0.5) is 0 Å². The summed E-state index contributed by atoms with van der Waals surface area (Å²) in [4.78, 5) is 24.2. The second-order valence-electron chi connectivity index (χ2n) is 6.31. The van der Waals surface area contributed by atoms with Crippen LogP contribution in [0, 0.1) is 5.92 Å². The van der Waals surface area contributed by atoms with Gasteiger partial charge in [-0.05, 0) is 43.9 Å². The quantitative estimate of drug-likeness (QED) is 0.766. The van der Waals surface area contributed by atoms with Crippen LogP contribution in [-0.2, 0) is 9.53 Å². The van der Waals surface area contributed by atoms with Gasteiger partial charge in [-0.25, -0.2) is 4.79 Å². The Morgan fingerprint density at radius 1 is 1.20 bits per heavy atom. The van der Waals surface area contributed by atoms with E-state index in [1.165, 1.54) is 13.5 Å². The number of hydrogen-bond acceptors (Lipinski definition) is 5. The summed E-state index contributed by atoms with van der Waals surface area (Å²) in [6.45, 7) is 4.17. The zero-order valence-corrected chi connectivity index (χ0v) is 15.2. The van der Waals surface area contributed by atoms with Crippen LogP contribution in [0.1, 0.15) is 49.9 Å². The van der Waals surface area contributed by atoms with Crippen molar-refractivity contribution in [1.82, 2.24) is 5.32 Å². The van der Waals surface area contributed by atoms with Crippen molar-refractivity contribution >= 4 is 11.9 Å². The molecule has 1 aromatic rings. The Labute approximate surface area is 148 Å². The number of methoxy groups -OCH3 is 1. The standard InChI is InChI=1S/C19H27NO5/c1-4-24-17-11-14(9-10-16(17)23-3)19(22)25-12-18(21)20-15-8-6-5-7-13(15)2/h9-11,13,15H,4-8,12H2,1-3H3,(H,20,21)/t13-,15-/m0/s1. The predicted octanol–water partition coefficient (Wildman–Crippen LogP) is 2.95. The molecule has 6 nitrogen and oxygen atoms in total. The van der Waals surface area contributed by atoms with Crippen molar-refractivity contribution in [3.05, 3.63) is 23.8 Å². The number of nitrogens with one attached hydrogen (secondary N) is 1. The van der Waals surface area contributed by atoms with Gasteiger partial charge in [0.25, 0.3) is 5.91 Å². The number of ether oxygens (including phenoxy) is 3. The zero-order chi connectivity index (χ0) is 18.2. The van der Waals surface area contributed by atoms with Crippen LogP contribution in [0.25, 0.3) is 0 Å². The van der Waals surface area contributed by atoms with Gasteiger partial charge < -0.3 is 19.5 Å². The van der Waals surface area contributed by atoms with Crippen LogP contribution in [0.5, 0.6) is 11.5 Å². The van der Waals surface area contributed by atoms with Gasteiger partial charge in [-0.15, -0.1) is 0 Å². The molecule has 1 amide bonds. The van der Waals surface area contributed by atoms with Crippen molar-refractivity contribution < 1.29 is 23.8 Å². The fraction of sp³-hybridized carbons (Fsp3) is 0.579. The Morgan fingerprint density at radius 3 is 2.64 bits per heavy atom. The highest BCUT2D eigenvalue weighted by atomic mass is 16.5. The Bertz CT molecular complexity index is 601. The summed E-state index contributed by atoms with van der Waals surface area (Å²) in [5.41, 5.74) is 0.322. The fourth-order valence-electron chi connectivity index (χ4n) is 3.07. The molecule has 0 spiro atoms. The minimum Gasteiger partial charge on any atom is -0.493 e. The maximum Gasteiger partial charge on any atom is 0.338 e. The highest BCUT2D eigenvalue weighted by Gasteiger charge is 2.23. The number of carbonyl (C=O) groups excluding carboxylic acids is 2. The SMILES string of the molecule is CCOc1cc(C(=O)OCC(=O)N[C@H]2CCCC[C@@H]2C)ccc1OC. The predicted molar refractivity (Wildman–Crippen MR) is 94.0 cm³/mol. The third-order valence-corrected chi connectivity index (χ3v) is 4.49. The molecule has 0 aliphatic heterocycles. The van der Waals surface area contributed by atoms with E-state index in [1.54, 1.807) is 18.2 Å². The molecule has 1 fully saturated rings. The van der Waals surface area contributed by atoms with Crippen molar-refractivity contribution in [3.8, 4) is 11.5 Å². The maximum absolute atomic E-state index is 12.2. The highest BCUT2D eigenvalue weighted by molar-refractivity contribution is 5.92. The van der Waals surface area contributed by atoms with E-state index in [-0.39, 0.29) is 18.6 Å². The van der Waals surface area contributed by atoms with Crippen molar-refractivity contribution in [2.75, 3.05) is 20.3 Å². The molecule has 1 saturated carbocycles. The number of benzene rings is 1. The smallest absolute Gasteiger partial charge is 0.338 e. The Morgan fingerprint density at radius 2 is 1.96 bits per heavy atom. The molecule has 2 atom stereocenters. The van der Waals surface area contributed by atoms with Crippen LogP contribution in [0.15, 0.2) is 18.2 Å². The molecule has 0 bridgehead atoms. The Balaban J connectivity index is 1.89. The van der Waals surface area contributed by atoms with Gasteiger partial charge in [0.2, 0.25) is 0 Å². The molecule has 1 aromatic carbocycles. The lowest BCUT2D eigenvalue weighted by Gasteiger charge is -2.29. The van der Waals surface area contributed by atoms with Gasteiger partial charge >= 0.3 is 5.97 Å². The van der Waals surface area contributed by atoms with Crippen LogP contribution < -0.4 is 14.8 Å². The van der Waals surface area contributed by atoms with E-state index in [1.807, 2.05) is 6.92 Å². The number of esters is 1. The lowest BCUT2D eigenvalue weighted by molar-refractivity contribution is -0.125. The Kier molecular flexibility index (Phi) is 7.10. The third-order valence-electron chi connectivity index (χ3n) is 4.49. The molecule has 25 heavy (non-hydrogen) atoms. The molecule has 6 heteroatoms. The molecule has 1 N–H and O–H groups in total. The van der Waals surface area contributed by atoms with Crippen LogP contribution in [-0.4, -0.2) is 38.2 Å². The molecule has 0 heterocycles. The minimum absolute atomic E-state index is 0.172. The second kappa shape index (κ2) is 9.30. The summed E-state index contributed by atoms with van der Waals surface area (Å²) in [5.74, 6) is 0.659.